The molecular formula is C21H21ClN4O2. The van der Waals surface area contributed by atoms with Gasteiger partial charge < -0.3 is 0 Å². The summed E-state index contributed by atoms with van der Waals surface area (Å²) in [6.07, 6.45) is 1.69. The highest BCUT2D eigenvalue weighted by molar-refractivity contribution is 6.30. The second-order valence-electron chi connectivity index (χ2n) is 6.65. The highest BCUT2D eigenvalue weighted by Crippen LogP contribution is 2.23. The van der Waals surface area contributed by atoms with E-state index in [-0.39, 0.29) is 18.2 Å². The molecule has 0 saturated carbocycles. The Morgan fingerprint density at radius 3 is 2.36 bits per heavy atom. The summed E-state index contributed by atoms with van der Waals surface area (Å²) >= 11 is 5.95. The number of aromatic nitrogens is 2. The zero-order valence-corrected chi connectivity index (χ0v) is 16.4. The maximum Gasteiger partial charge on any atom is 0.273 e. The third-order valence-corrected chi connectivity index (χ3v) is 4.44. The Morgan fingerprint density at radius 2 is 1.71 bits per heavy atom. The van der Waals surface area contributed by atoms with Gasteiger partial charge in [-0.05, 0) is 35.7 Å². The van der Waals surface area contributed by atoms with E-state index in [1.165, 1.54) is 6.20 Å². The van der Waals surface area contributed by atoms with Crippen molar-refractivity contribution in [2.45, 2.75) is 26.2 Å². The predicted octanol–water partition coefficient (Wildman–Crippen LogP) is 3.65. The van der Waals surface area contributed by atoms with Gasteiger partial charge in [0.25, 0.3) is 5.91 Å². The number of hydrazine groups is 1. The molecule has 1 heterocycles. The molecular weight excluding hydrogens is 376 g/mol. The van der Waals surface area contributed by atoms with Gasteiger partial charge in [0, 0.05) is 5.02 Å². The van der Waals surface area contributed by atoms with Crippen LogP contribution in [0.25, 0.3) is 5.69 Å². The SMILES string of the molecule is CC(C)c1c(C(=O)NNC(=O)Cc2ccccc2)cnn1-c1ccc(Cl)cc1. The minimum atomic E-state index is -0.412. The highest BCUT2D eigenvalue weighted by atomic mass is 35.5. The van der Waals surface area contributed by atoms with E-state index in [2.05, 4.69) is 16.0 Å². The quantitative estimate of drug-likeness (QED) is 0.646. The molecule has 3 rings (SSSR count). The molecule has 0 fully saturated rings. The first kappa shape index (κ1) is 19.6. The van der Waals surface area contributed by atoms with Gasteiger partial charge in [-0.15, -0.1) is 0 Å². The molecule has 0 aliphatic carbocycles. The van der Waals surface area contributed by atoms with Crippen LogP contribution >= 0.6 is 11.6 Å². The summed E-state index contributed by atoms with van der Waals surface area (Å²) in [7, 11) is 0. The number of halogens is 1. The first-order chi connectivity index (χ1) is 13.5. The topological polar surface area (TPSA) is 76.0 Å². The van der Waals surface area contributed by atoms with E-state index >= 15 is 0 Å². The van der Waals surface area contributed by atoms with E-state index in [1.54, 1.807) is 16.8 Å². The van der Waals surface area contributed by atoms with Gasteiger partial charge in [-0.25, -0.2) is 4.68 Å². The standard InChI is InChI=1S/C21H21ClN4O2/c1-14(2)20-18(13-23-26(20)17-10-8-16(22)9-11-17)21(28)25-24-19(27)12-15-6-4-3-5-7-15/h3-11,13-14H,12H2,1-2H3,(H,24,27)(H,25,28). The fourth-order valence-corrected chi connectivity index (χ4v) is 3.02. The average molecular weight is 397 g/mol. The molecule has 144 valence electrons. The summed E-state index contributed by atoms with van der Waals surface area (Å²) in [6.45, 7) is 3.96. The number of nitrogens with one attached hydrogen (secondary N) is 2. The average Bonchev–Trinajstić information content (AvgIpc) is 3.13. The molecule has 6 nitrogen and oxygen atoms in total. The number of benzene rings is 2. The Kier molecular flexibility index (Phi) is 6.11. The zero-order chi connectivity index (χ0) is 20.1. The van der Waals surface area contributed by atoms with Crippen molar-refractivity contribution in [2.75, 3.05) is 0 Å². The van der Waals surface area contributed by atoms with Crippen LogP contribution in [0.1, 0.15) is 41.4 Å². The molecule has 2 amide bonds. The highest BCUT2D eigenvalue weighted by Gasteiger charge is 2.21. The van der Waals surface area contributed by atoms with Crippen molar-refractivity contribution < 1.29 is 9.59 Å². The predicted molar refractivity (Wildman–Crippen MR) is 108 cm³/mol. The third-order valence-electron chi connectivity index (χ3n) is 4.19. The van der Waals surface area contributed by atoms with Crippen LogP contribution in [0, 0.1) is 0 Å². The Bertz CT molecular complexity index is 966. The van der Waals surface area contributed by atoms with E-state index in [1.807, 2.05) is 56.3 Å². The zero-order valence-electron chi connectivity index (χ0n) is 15.6. The van der Waals surface area contributed by atoms with E-state index in [4.69, 9.17) is 11.6 Å². The van der Waals surface area contributed by atoms with E-state index in [9.17, 15) is 9.59 Å². The summed E-state index contributed by atoms with van der Waals surface area (Å²) < 4.78 is 1.71. The second kappa shape index (κ2) is 8.71. The van der Waals surface area contributed by atoms with Crippen molar-refractivity contribution in [3.05, 3.63) is 82.6 Å². The van der Waals surface area contributed by atoms with Gasteiger partial charge in [-0.3, -0.25) is 20.4 Å². The molecule has 1 aromatic heterocycles. The number of amides is 2. The molecule has 0 spiro atoms. The Labute approximate surface area is 168 Å². The van der Waals surface area contributed by atoms with E-state index < -0.39 is 5.91 Å². The normalized spacial score (nSPS) is 10.7. The molecule has 0 aliphatic heterocycles. The second-order valence-corrected chi connectivity index (χ2v) is 7.09. The fourth-order valence-electron chi connectivity index (χ4n) is 2.90. The number of hydrogen-bond acceptors (Lipinski definition) is 3. The van der Waals surface area contributed by atoms with Gasteiger partial charge in [0.2, 0.25) is 5.91 Å². The molecule has 0 unspecified atom stereocenters. The smallest absolute Gasteiger partial charge is 0.273 e. The molecule has 2 N–H and O–H groups in total. The van der Waals surface area contributed by atoms with Crippen LogP contribution in [0.5, 0.6) is 0 Å². The van der Waals surface area contributed by atoms with Gasteiger partial charge >= 0.3 is 0 Å². The molecule has 0 saturated heterocycles. The number of nitrogens with zero attached hydrogens (tertiary/aromatic N) is 2. The van der Waals surface area contributed by atoms with Gasteiger partial charge in [-0.2, -0.15) is 5.10 Å². The van der Waals surface area contributed by atoms with E-state index in [0.29, 0.717) is 10.6 Å². The van der Waals surface area contributed by atoms with Gasteiger partial charge in [0.15, 0.2) is 0 Å². The van der Waals surface area contributed by atoms with Crippen LogP contribution in [-0.2, 0) is 11.2 Å². The summed E-state index contributed by atoms with van der Waals surface area (Å²) in [5.74, 6) is -0.667. The Morgan fingerprint density at radius 1 is 1.04 bits per heavy atom. The number of carbonyl (C=O) groups is 2. The molecule has 7 heteroatoms. The van der Waals surface area contributed by atoms with Gasteiger partial charge in [0.05, 0.1) is 29.6 Å². The Balaban J connectivity index is 1.73. The Hall–Kier alpha value is -3.12. The summed E-state index contributed by atoms with van der Waals surface area (Å²) in [4.78, 5) is 24.7. The van der Waals surface area contributed by atoms with Crippen molar-refractivity contribution in [3.8, 4) is 5.69 Å². The lowest BCUT2D eigenvalue weighted by Crippen LogP contribution is -2.42. The van der Waals surface area contributed by atoms with Crippen molar-refractivity contribution in [1.82, 2.24) is 20.6 Å². The van der Waals surface area contributed by atoms with Gasteiger partial charge in [-0.1, -0.05) is 55.8 Å². The fraction of sp³-hybridized carbons (Fsp3) is 0.190. The van der Waals surface area contributed by atoms with Crippen molar-refractivity contribution in [2.24, 2.45) is 0 Å². The summed E-state index contributed by atoms with van der Waals surface area (Å²) in [5, 5.41) is 4.98. The number of hydrogen-bond donors (Lipinski definition) is 2. The first-order valence-electron chi connectivity index (χ1n) is 8.92. The molecule has 0 atom stereocenters. The molecule has 2 aromatic carbocycles. The molecule has 0 bridgehead atoms. The maximum absolute atomic E-state index is 12.6. The first-order valence-corrected chi connectivity index (χ1v) is 9.30. The lowest BCUT2D eigenvalue weighted by Gasteiger charge is -2.13. The van der Waals surface area contributed by atoms with Crippen LogP contribution in [0.4, 0.5) is 0 Å². The number of rotatable bonds is 5. The van der Waals surface area contributed by atoms with Crippen LogP contribution in [-0.4, -0.2) is 21.6 Å². The molecule has 3 aromatic rings. The van der Waals surface area contributed by atoms with Crippen LogP contribution in [0.3, 0.4) is 0 Å². The molecule has 28 heavy (non-hydrogen) atoms. The van der Waals surface area contributed by atoms with Crippen molar-refractivity contribution in [3.63, 3.8) is 0 Å². The van der Waals surface area contributed by atoms with Crippen molar-refractivity contribution in [1.29, 1.82) is 0 Å². The minimum absolute atomic E-state index is 0.0407. The largest absolute Gasteiger partial charge is 0.273 e. The van der Waals surface area contributed by atoms with Crippen LogP contribution in [0.2, 0.25) is 5.02 Å². The van der Waals surface area contributed by atoms with Crippen molar-refractivity contribution >= 4 is 23.4 Å². The maximum atomic E-state index is 12.6. The molecule has 0 aliphatic rings. The monoisotopic (exact) mass is 396 g/mol. The van der Waals surface area contributed by atoms with E-state index in [0.717, 1.165) is 16.9 Å². The lowest BCUT2D eigenvalue weighted by atomic mass is 10.1. The van der Waals surface area contributed by atoms with Gasteiger partial charge in [0.1, 0.15) is 0 Å². The molecule has 0 radical (unpaired) electrons. The number of carbonyl (C=O) groups excluding carboxylic acids is 2. The minimum Gasteiger partial charge on any atom is -0.273 e. The lowest BCUT2D eigenvalue weighted by molar-refractivity contribution is -0.121. The third kappa shape index (κ3) is 4.58. The van der Waals surface area contributed by atoms with Crippen LogP contribution < -0.4 is 10.9 Å². The van der Waals surface area contributed by atoms with Crippen LogP contribution in [0.15, 0.2) is 60.8 Å². The summed E-state index contributed by atoms with van der Waals surface area (Å²) in [6, 6.07) is 16.5. The summed E-state index contributed by atoms with van der Waals surface area (Å²) in [5.41, 5.74) is 7.76.